The van der Waals surface area contributed by atoms with Crippen LogP contribution in [0.3, 0.4) is 0 Å². The molecule has 0 aliphatic carbocycles. The van der Waals surface area contributed by atoms with Crippen LogP contribution in [0.25, 0.3) is 17.1 Å². The van der Waals surface area contributed by atoms with Gasteiger partial charge in [0.2, 0.25) is 5.91 Å². The summed E-state index contributed by atoms with van der Waals surface area (Å²) in [7, 11) is 1.65. The van der Waals surface area contributed by atoms with E-state index in [1.54, 1.807) is 7.11 Å². The van der Waals surface area contributed by atoms with Crippen LogP contribution in [-0.4, -0.2) is 58.1 Å². The maximum absolute atomic E-state index is 12.8. The van der Waals surface area contributed by atoms with Crippen LogP contribution in [0, 0.1) is 5.92 Å². The number of likely N-dealkylation sites (tertiary alicyclic amines) is 1. The molecule has 7 nitrogen and oxygen atoms in total. The normalized spacial score (nSPS) is 16.0. The highest BCUT2D eigenvalue weighted by Crippen LogP contribution is 2.30. The molecule has 2 heterocycles. The van der Waals surface area contributed by atoms with Crippen molar-refractivity contribution in [2.75, 3.05) is 32.6 Å². The first-order valence-corrected chi connectivity index (χ1v) is 12.3. The average Bonchev–Trinajstić information content (AvgIpc) is 3.27. The lowest BCUT2D eigenvalue weighted by atomic mass is 10.0. The van der Waals surface area contributed by atoms with Gasteiger partial charge in [-0.1, -0.05) is 18.7 Å². The van der Waals surface area contributed by atoms with Crippen molar-refractivity contribution in [2.45, 2.75) is 31.8 Å². The van der Waals surface area contributed by atoms with E-state index in [4.69, 9.17) is 9.47 Å². The first-order chi connectivity index (χ1) is 16.1. The Labute approximate surface area is 199 Å². The van der Waals surface area contributed by atoms with Crippen LogP contribution in [-0.2, 0) is 4.79 Å². The quantitative estimate of drug-likeness (QED) is 0.449. The van der Waals surface area contributed by atoms with E-state index in [0.717, 1.165) is 42.3 Å². The van der Waals surface area contributed by atoms with Gasteiger partial charge in [0, 0.05) is 24.3 Å². The highest BCUT2D eigenvalue weighted by molar-refractivity contribution is 7.99. The molecule has 1 unspecified atom stereocenters. The van der Waals surface area contributed by atoms with Gasteiger partial charge in [0.25, 0.3) is 0 Å². The summed E-state index contributed by atoms with van der Waals surface area (Å²) in [5, 5.41) is 9.60. The van der Waals surface area contributed by atoms with Gasteiger partial charge >= 0.3 is 0 Å². The molecule has 1 atom stereocenters. The SMILES string of the molecule is CCOc1ccc(-n2c(SCC(=O)N3CCCC(C)C3)nnc2-c2ccc(OC)cc2)cc1. The second-order valence-corrected chi connectivity index (χ2v) is 9.12. The number of carbonyl (C=O) groups is 1. The molecule has 0 saturated carbocycles. The number of piperidine rings is 1. The van der Waals surface area contributed by atoms with Crippen molar-refractivity contribution in [2.24, 2.45) is 5.92 Å². The number of carbonyl (C=O) groups excluding carboxylic acids is 1. The Morgan fingerprint density at radius 1 is 1.09 bits per heavy atom. The van der Waals surface area contributed by atoms with Crippen LogP contribution >= 0.6 is 11.8 Å². The van der Waals surface area contributed by atoms with E-state index < -0.39 is 0 Å². The van der Waals surface area contributed by atoms with Crippen molar-refractivity contribution >= 4 is 17.7 Å². The Morgan fingerprint density at radius 3 is 2.48 bits per heavy atom. The number of ether oxygens (including phenoxy) is 2. The van der Waals surface area contributed by atoms with Crippen LogP contribution in [0.1, 0.15) is 26.7 Å². The number of aromatic nitrogens is 3. The van der Waals surface area contributed by atoms with Gasteiger partial charge in [-0.15, -0.1) is 10.2 Å². The topological polar surface area (TPSA) is 69.5 Å². The van der Waals surface area contributed by atoms with E-state index >= 15 is 0 Å². The van der Waals surface area contributed by atoms with Crippen molar-refractivity contribution < 1.29 is 14.3 Å². The molecule has 1 aliphatic heterocycles. The predicted octanol–water partition coefficient (Wildman–Crippen LogP) is 4.69. The van der Waals surface area contributed by atoms with Gasteiger partial charge in [0.15, 0.2) is 11.0 Å². The minimum atomic E-state index is 0.152. The van der Waals surface area contributed by atoms with Crippen LogP contribution in [0.2, 0.25) is 0 Å². The summed E-state index contributed by atoms with van der Waals surface area (Å²) in [5.74, 6) is 3.35. The summed E-state index contributed by atoms with van der Waals surface area (Å²) in [6, 6.07) is 15.6. The monoisotopic (exact) mass is 466 g/mol. The second-order valence-electron chi connectivity index (χ2n) is 8.17. The lowest BCUT2D eigenvalue weighted by Crippen LogP contribution is -2.40. The average molecular weight is 467 g/mol. The summed E-state index contributed by atoms with van der Waals surface area (Å²) in [6.45, 7) is 6.45. The molecular formula is C25H30N4O3S. The van der Waals surface area contributed by atoms with Gasteiger partial charge in [-0.05, 0) is 74.2 Å². The van der Waals surface area contributed by atoms with Gasteiger partial charge in [-0.25, -0.2) is 0 Å². The van der Waals surface area contributed by atoms with Crippen LogP contribution < -0.4 is 9.47 Å². The fourth-order valence-electron chi connectivity index (χ4n) is 4.01. The zero-order valence-corrected chi connectivity index (χ0v) is 20.2. The van der Waals surface area contributed by atoms with Crippen LogP contribution in [0.15, 0.2) is 53.7 Å². The molecule has 1 aliphatic rings. The number of hydrogen-bond acceptors (Lipinski definition) is 6. The minimum Gasteiger partial charge on any atom is -0.497 e. The van der Waals surface area contributed by atoms with E-state index in [0.29, 0.717) is 29.3 Å². The second kappa shape index (κ2) is 10.7. The van der Waals surface area contributed by atoms with Gasteiger partial charge in [-0.3, -0.25) is 9.36 Å². The Hall–Kier alpha value is -3.00. The molecular weight excluding hydrogens is 436 g/mol. The zero-order chi connectivity index (χ0) is 23.2. The van der Waals surface area contributed by atoms with Crippen molar-refractivity contribution in [3.8, 4) is 28.6 Å². The summed E-state index contributed by atoms with van der Waals surface area (Å²) in [6.07, 6.45) is 2.26. The van der Waals surface area contributed by atoms with Crippen molar-refractivity contribution in [3.63, 3.8) is 0 Å². The number of benzene rings is 2. The molecule has 3 aromatic rings. The first kappa shape index (κ1) is 23.2. The Balaban J connectivity index is 1.61. The number of methoxy groups -OCH3 is 1. The molecule has 0 radical (unpaired) electrons. The number of rotatable bonds is 8. The molecule has 4 rings (SSSR count). The van der Waals surface area contributed by atoms with Crippen molar-refractivity contribution in [1.82, 2.24) is 19.7 Å². The van der Waals surface area contributed by atoms with Crippen molar-refractivity contribution in [3.05, 3.63) is 48.5 Å². The highest BCUT2D eigenvalue weighted by Gasteiger charge is 2.23. The molecule has 0 bridgehead atoms. The van der Waals surface area contributed by atoms with E-state index in [-0.39, 0.29) is 5.91 Å². The Morgan fingerprint density at radius 2 is 1.82 bits per heavy atom. The smallest absolute Gasteiger partial charge is 0.233 e. The summed E-state index contributed by atoms with van der Waals surface area (Å²) < 4.78 is 12.9. The molecule has 1 saturated heterocycles. The number of thioether (sulfide) groups is 1. The zero-order valence-electron chi connectivity index (χ0n) is 19.4. The molecule has 1 aromatic heterocycles. The molecule has 0 N–H and O–H groups in total. The third-order valence-corrected chi connectivity index (χ3v) is 6.64. The minimum absolute atomic E-state index is 0.152. The molecule has 174 valence electrons. The number of nitrogens with zero attached hydrogens (tertiary/aromatic N) is 4. The highest BCUT2D eigenvalue weighted by atomic mass is 32.2. The third-order valence-electron chi connectivity index (χ3n) is 5.72. The van der Waals surface area contributed by atoms with E-state index in [9.17, 15) is 4.79 Å². The lowest BCUT2D eigenvalue weighted by molar-refractivity contribution is -0.130. The van der Waals surface area contributed by atoms with Crippen LogP contribution in [0.5, 0.6) is 11.5 Å². The molecule has 8 heteroatoms. The standard InChI is InChI=1S/C25H30N4O3S/c1-4-32-22-13-9-20(10-14-22)29-24(19-7-11-21(31-3)12-8-19)26-27-25(29)33-17-23(30)28-15-5-6-18(2)16-28/h7-14,18H,4-6,15-17H2,1-3H3. The van der Waals surface area contributed by atoms with E-state index in [1.807, 2.05) is 64.9 Å². The van der Waals surface area contributed by atoms with Crippen LogP contribution in [0.4, 0.5) is 0 Å². The van der Waals surface area contributed by atoms with Gasteiger partial charge in [0.1, 0.15) is 11.5 Å². The third kappa shape index (κ3) is 5.50. The fraction of sp³-hybridized carbons (Fsp3) is 0.400. The van der Waals surface area contributed by atoms with E-state index in [1.165, 1.54) is 18.2 Å². The largest absolute Gasteiger partial charge is 0.497 e. The van der Waals surface area contributed by atoms with Gasteiger partial charge < -0.3 is 14.4 Å². The summed E-state index contributed by atoms with van der Waals surface area (Å²) in [5.41, 5.74) is 1.83. The van der Waals surface area contributed by atoms with Gasteiger partial charge in [0.05, 0.1) is 19.5 Å². The fourth-order valence-corrected chi connectivity index (χ4v) is 4.87. The first-order valence-electron chi connectivity index (χ1n) is 11.3. The van der Waals surface area contributed by atoms with Crippen molar-refractivity contribution in [1.29, 1.82) is 0 Å². The molecule has 2 aromatic carbocycles. The predicted molar refractivity (Wildman–Crippen MR) is 130 cm³/mol. The lowest BCUT2D eigenvalue weighted by Gasteiger charge is -2.30. The number of amides is 1. The molecule has 0 spiro atoms. The molecule has 1 amide bonds. The summed E-state index contributed by atoms with van der Waals surface area (Å²) in [4.78, 5) is 14.8. The van der Waals surface area contributed by atoms with E-state index in [2.05, 4.69) is 17.1 Å². The summed E-state index contributed by atoms with van der Waals surface area (Å²) >= 11 is 1.42. The molecule has 33 heavy (non-hydrogen) atoms. The maximum atomic E-state index is 12.8. The molecule has 1 fully saturated rings. The van der Waals surface area contributed by atoms with Gasteiger partial charge in [-0.2, -0.15) is 0 Å². The Bertz CT molecular complexity index is 1070. The Kier molecular flexibility index (Phi) is 7.54. The number of hydrogen-bond donors (Lipinski definition) is 0. The maximum Gasteiger partial charge on any atom is 0.233 e.